The molecule has 74 valence electrons. The minimum Gasteiger partial charge on any atom is -0.173 e. The predicted molar refractivity (Wildman–Crippen MR) is 60.9 cm³/mol. The van der Waals surface area contributed by atoms with Gasteiger partial charge in [-0.05, 0) is 23.5 Å². The van der Waals surface area contributed by atoms with Crippen LogP contribution in [0.15, 0.2) is 12.1 Å². The Kier molecular flexibility index (Phi) is 2.07. The van der Waals surface area contributed by atoms with Gasteiger partial charge in [-0.15, -0.1) is 0 Å². The first-order valence-electron chi connectivity index (χ1n) is 4.72. The van der Waals surface area contributed by atoms with E-state index in [-0.39, 0.29) is 5.41 Å². The second-order valence-electron chi connectivity index (χ2n) is 4.64. The largest absolute Gasteiger partial charge is 0.173 e. The van der Waals surface area contributed by atoms with E-state index in [9.17, 15) is 0 Å². The van der Waals surface area contributed by atoms with Crippen LogP contribution >= 0.6 is 11.7 Å². The number of fused-ring (bicyclic) bond motifs is 1. The highest BCUT2D eigenvalue weighted by atomic mass is 32.1. The van der Waals surface area contributed by atoms with Crippen LogP contribution in [0.4, 0.5) is 0 Å². The molecular weight excluding hydrogens is 192 g/mol. The fraction of sp³-hybridized carbons (Fsp3) is 0.455. The maximum absolute atomic E-state index is 4.38. The van der Waals surface area contributed by atoms with E-state index in [4.69, 9.17) is 0 Å². The lowest BCUT2D eigenvalue weighted by Gasteiger charge is -2.19. The highest BCUT2D eigenvalue weighted by Gasteiger charge is 2.19. The van der Waals surface area contributed by atoms with Crippen LogP contribution in [-0.2, 0) is 5.41 Å². The second kappa shape index (κ2) is 3.02. The van der Waals surface area contributed by atoms with Gasteiger partial charge < -0.3 is 0 Å². The van der Waals surface area contributed by atoms with Gasteiger partial charge in [-0.3, -0.25) is 0 Å². The Hall–Kier alpha value is -0.960. The molecule has 2 rings (SSSR count). The maximum atomic E-state index is 4.38. The topological polar surface area (TPSA) is 25.8 Å². The summed E-state index contributed by atoms with van der Waals surface area (Å²) in [5.41, 5.74) is 4.76. The molecule has 0 radical (unpaired) electrons. The Labute approximate surface area is 88.3 Å². The number of hydrogen-bond donors (Lipinski definition) is 0. The first-order chi connectivity index (χ1) is 6.50. The van der Waals surface area contributed by atoms with Crippen LogP contribution in [0.1, 0.15) is 31.9 Å². The molecule has 0 aliphatic heterocycles. The minimum atomic E-state index is 0.141. The average Bonchev–Trinajstić information content (AvgIpc) is 2.50. The van der Waals surface area contributed by atoms with E-state index in [1.807, 2.05) is 0 Å². The lowest BCUT2D eigenvalue weighted by molar-refractivity contribution is 0.595. The molecular formula is C11H14N2S. The highest BCUT2D eigenvalue weighted by Crippen LogP contribution is 2.30. The van der Waals surface area contributed by atoms with Crippen molar-refractivity contribution >= 4 is 22.8 Å². The van der Waals surface area contributed by atoms with Crippen LogP contribution < -0.4 is 0 Å². The van der Waals surface area contributed by atoms with E-state index in [1.54, 1.807) is 0 Å². The average molecular weight is 206 g/mol. The minimum absolute atomic E-state index is 0.141. The Morgan fingerprint density at radius 1 is 1.07 bits per heavy atom. The van der Waals surface area contributed by atoms with Crippen LogP contribution in [0.25, 0.3) is 11.0 Å². The maximum Gasteiger partial charge on any atom is 0.108 e. The van der Waals surface area contributed by atoms with Crippen LogP contribution in [0.5, 0.6) is 0 Å². The summed E-state index contributed by atoms with van der Waals surface area (Å²) in [5, 5.41) is 0. The molecule has 0 N–H and O–H groups in total. The normalized spacial score (nSPS) is 12.3. The highest BCUT2D eigenvalue weighted by molar-refractivity contribution is 7.00. The molecule has 0 saturated carbocycles. The summed E-state index contributed by atoms with van der Waals surface area (Å²) in [6.07, 6.45) is 0. The summed E-state index contributed by atoms with van der Waals surface area (Å²) in [7, 11) is 0. The Morgan fingerprint density at radius 3 is 2.36 bits per heavy atom. The van der Waals surface area contributed by atoms with Gasteiger partial charge in [-0.1, -0.05) is 32.9 Å². The molecule has 1 aromatic carbocycles. The van der Waals surface area contributed by atoms with E-state index < -0.39 is 0 Å². The third-order valence-electron chi connectivity index (χ3n) is 2.43. The molecule has 3 heteroatoms. The Balaban J connectivity index is 2.80. The Morgan fingerprint density at radius 2 is 1.71 bits per heavy atom. The van der Waals surface area contributed by atoms with Crippen molar-refractivity contribution in [3.8, 4) is 0 Å². The van der Waals surface area contributed by atoms with Gasteiger partial charge in [0.2, 0.25) is 0 Å². The van der Waals surface area contributed by atoms with Crippen molar-refractivity contribution in [1.82, 2.24) is 8.75 Å². The molecule has 0 spiro atoms. The standard InChI is InChI=1S/C11H14N2S/c1-7-5-6-8(11(2,3)4)10-9(7)12-14-13-10/h5-6H,1-4H3. The zero-order chi connectivity index (χ0) is 10.3. The summed E-state index contributed by atoms with van der Waals surface area (Å²) >= 11 is 1.30. The number of rotatable bonds is 0. The number of hydrogen-bond acceptors (Lipinski definition) is 3. The van der Waals surface area contributed by atoms with Crippen molar-refractivity contribution in [3.63, 3.8) is 0 Å². The van der Waals surface area contributed by atoms with E-state index in [0.717, 1.165) is 11.0 Å². The molecule has 0 aliphatic rings. The summed E-state index contributed by atoms with van der Waals surface area (Å²) in [6, 6.07) is 4.30. The van der Waals surface area contributed by atoms with Gasteiger partial charge in [0, 0.05) is 0 Å². The van der Waals surface area contributed by atoms with Gasteiger partial charge in [-0.25, -0.2) is 0 Å². The lowest BCUT2D eigenvalue weighted by atomic mass is 9.85. The first kappa shape index (κ1) is 9.59. The van der Waals surface area contributed by atoms with Crippen molar-refractivity contribution in [2.45, 2.75) is 33.1 Å². The molecule has 0 amide bonds. The molecule has 0 fully saturated rings. The summed E-state index contributed by atoms with van der Waals surface area (Å²) in [4.78, 5) is 0. The molecule has 14 heavy (non-hydrogen) atoms. The zero-order valence-electron chi connectivity index (χ0n) is 8.96. The van der Waals surface area contributed by atoms with Crippen molar-refractivity contribution in [1.29, 1.82) is 0 Å². The predicted octanol–water partition coefficient (Wildman–Crippen LogP) is 3.30. The molecule has 1 heterocycles. The summed E-state index contributed by atoms with van der Waals surface area (Å²) in [6.45, 7) is 8.69. The van der Waals surface area contributed by atoms with Crippen molar-refractivity contribution < 1.29 is 0 Å². The monoisotopic (exact) mass is 206 g/mol. The quantitative estimate of drug-likeness (QED) is 0.661. The lowest BCUT2D eigenvalue weighted by Crippen LogP contribution is -2.11. The zero-order valence-corrected chi connectivity index (χ0v) is 9.77. The first-order valence-corrected chi connectivity index (χ1v) is 5.45. The van der Waals surface area contributed by atoms with Gasteiger partial charge in [0.1, 0.15) is 11.0 Å². The number of aromatic nitrogens is 2. The van der Waals surface area contributed by atoms with Gasteiger partial charge in [0.05, 0.1) is 11.7 Å². The van der Waals surface area contributed by atoms with Crippen LogP contribution in [0.2, 0.25) is 0 Å². The molecule has 0 saturated heterocycles. The van der Waals surface area contributed by atoms with E-state index in [2.05, 4.69) is 48.6 Å². The summed E-state index contributed by atoms with van der Waals surface area (Å²) < 4.78 is 8.70. The molecule has 0 aliphatic carbocycles. The fourth-order valence-electron chi connectivity index (χ4n) is 1.60. The SMILES string of the molecule is Cc1ccc(C(C)(C)C)c2nsnc12. The van der Waals surface area contributed by atoms with Gasteiger partial charge >= 0.3 is 0 Å². The molecule has 0 atom stereocenters. The number of benzene rings is 1. The summed E-state index contributed by atoms with van der Waals surface area (Å²) in [5.74, 6) is 0. The molecule has 2 aromatic rings. The van der Waals surface area contributed by atoms with Gasteiger partial charge in [0.15, 0.2) is 0 Å². The smallest absolute Gasteiger partial charge is 0.108 e. The molecule has 1 aromatic heterocycles. The van der Waals surface area contributed by atoms with Crippen LogP contribution in [0.3, 0.4) is 0 Å². The van der Waals surface area contributed by atoms with Crippen molar-refractivity contribution in [3.05, 3.63) is 23.3 Å². The molecule has 0 bridgehead atoms. The van der Waals surface area contributed by atoms with Gasteiger partial charge in [-0.2, -0.15) is 8.75 Å². The Bertz CT molecular complexity index is 466. The van der Waals surface area contributed by atoms with E-state index >= 15 is 0 Å². The van der Waals surface area contributed by atoms with Crippen LogP contribution in [0, 0.1) is 6.92 Å². The number of aryl methyl sites for hydroxylation is 1. The number of nitrogens with zero attached hydrogens (tertiary/aromatic N) is 2. The van der Waals surface area contributed by atoms with Crippen LogP contribution in [-0.4, -0.2) is 8.75 Å². The van der Waals surface area contributed by atoms with E-state index in [0.29, 0.717) is 0 Å². The third kappa shape index (κ3) is 1.42. The van der Waals surface area contributed by atoms with Gasteiger partial charge in [0.25, 0.3) is 0 Å². The molecule has 2 nitrogen and oxygen atoms in total. The van der Waals surface area contributed by atoms with Crippen molar-refractivity contribution in [2.75, 3.05) is 0 Å². The second-order valence-corrected chi connectivity index (χ2v) is 5.17. The third-order valence-corrected chi connectivity index (χ3v) is 2.95. The van der Waals surface area contributed by atoms with Crippen molar-refractivity contribution in [2.24, 2.45) is 0 Å². The fourth-order valence-corrected chi connectivity index (χ4v) is 2.21. The van der Waals surface area contributed by atoms with E-state index in [1.165, 1.54) is 22.9 Å². The molecule has 0 unspecified atom stereocenters.